The molecule has 98 valence electrons. The molecule has 0 saturated heterocycles. The zero-order valence-corrected chi connectivity index (χ0v) is 11.8. The minimum atomic E-state index is -0.529. The highest BCUT2D eigenvalue weighted by Gasteiger charge is 2.27. The van der Waals surface area contributed by atoms with Crippen LogP contribution in [0.3, 0.4) is 0 Å². The minimum Gasteiger partial charge on any atom is -0.325 e. The lowest BCUT2D eigenvalue weighted by atomic mass is 9.89. The highest BCUT2D eigenvalue weighted by Crippen LogP contribution is 2.29. The average Bonchev–Trinajstić information content (AvgIpc) is 2.39. The van der Waals surface area contributed by atoms with Gasteiger partial charge >= 0.3 is 0 Å². The van der Waals surface area contributed by atoms with Crippen LogP contribution in [0.5, 0.6) is 0 Å². The Hall–Kier alpha value is -1.02. The number of benzene rings is 1. The van der Waals surface area contributed by atoms with Crippen molar-refractivity contribution in [1.82, 2.24) is 0 Å². The normalized spacial score (nSPS) is 15.1. The van der Waals surface area contributed by atoms with Gasteiger partial charge in [-0.1, -0.05) is 12.1 Å². The van der Waals surface area contributed by atoms with E-state index < -0.39 is 5.41 Å². The van der Waals surface area contributed by atoms with Gasteiger partial charge in [0.15, 0.2) is 0 Å². The molecule has 0 fully saturated rings. The quantitative estimate of drug-likeness (QED) is 0.829. The van der Waals surface area contributed by atoms with Crippen LogP contribution in [0.25, 0.3) is 0 Å². The van der Waals surface area contributed by atoms with Gasteiger partial charge in [-0.3, -0.25) is 4.79 Å². The van der Waals surface area contributed by atoms with Gasteiger partial charge in [-0.2, -0.15) is 0 Å². The number of alkyl halides is 1. The Morgan fingerprint density at radius 3 is 2.78 bits per heavy atom. The molecule has 0 spiro atoms. The summed E-state index contributed by atoms with van der Waals surface area (Å²) in [4.78, 5) is 12.2. The molecule has 1 amide bonds. The lowest BCUT2D eigenvalue weighted by Gasteiger charge is -2.24. The summed E-state index contributed by atoms with van der Waals surface area (Å²) in [6, 6.07) is 6.18. The Morgan fingerprint density at radius 2 is 2.06 bits per heavy atom. The van der Waals surface area contributed by atoms with Crippen LogP contribution in [0.1, 0.15) is 37.8 Å². The number of aryl methyl sites for hydroxylation is 1. The van der Waals surface area contributed by atoms with Crippen LogP contribution in [-0.4, -0.2) is 11.8 Å². The van der Waals surface area contributed by atoms with Gasteiger partial charge in [-0.15, -0.1) is 11.6 Å². The summed E-state index contributed by atoms with van der Waals surface area (Å²) < 4.78 is 0. The number of rotatable bonds is 3. The molecule has 2 rings (SSSR count). The molecule has 1 aromatic carbocycles. The summed E-state index contributed by atoms with van der Waals surface area (Å²) in [5.74, 6) is 0.324. The zero-order chi connectivity index (χ0) is 13.2. The maximum absolute atomic E-state index is 12.2. The number of carbonyl (C=O) groups is 1. The summed E-state index contributed by atoms with van der Waals surface area (Å²) in [5, 5.41) is 3.04. The predicted molar refractivity (Wildman–Crippen MR) is 76.2 cm³/mol. The first-order chi connectivity index (χ1) is 8.54. The third kappa shape index (κ3) is 2.69. The first-order valence-electron chi connectivity index (χ1n) is 6.53. The number of carbonyl (C=O) groups excluding carboxylic acids is 1. The van der Waals surface area contributed by atoms with Crippen LogP contribution < -0.4 is 5.32 Å². The van der Waals surface area contributed by atoms with Crippen molar-refractivity contribution in [3.8, 4) is 0 Å². The molecule has 1 N–H and O–H groups in total. The van der Waals surface area contributed by atoms with Gasteiger partial charge in [-0.05, 0) is 56.7 Å². The Morgan fingerprint density at radius 1 is 1.33 bits per heavy atom. The monoisotopic (exact) mass is 265 g/mol. The molecule has 1 aliphatic rings. The Labute approximate surface area is 114 Å². The van der Waals surface area contributed by atoms with Crippen molar-refractivity contribution in [3.63, 3.8) is 0 Å². The van der Waals surface area contributed by atoms with Crippen LogP contribution in [0.2, 0.25) is 0 Å². The van der Waals surface area contributed by atoms with Crippen LogP contribution in [0.15, 0.2) is 18.2 Å². The smallest absolute Gasteiger partial charge is 0.231 e. The van der Waals surface area contributed by atoms with Gasteiger partial charge in [-0.25, -0.2) is 0 Å². The molecule has 0 saturated carbocycles. The largest absolute Gasteiger partial charge is 0.325 e. The van der Waals surface area contributed by atoms with Crippen molar-refractivity contribution >= 4 is 23.2 Å². The van der Waals surface area contributed by atoms with Crippen molar-refractivity contribution in [1.29, 1.82) is 0 Å². The van der Waals surface area contributed by atoms with Gasteiger partial charge in [0.1, 0.15) is 0 Å². The molecule has 1 aromatic rings. The first kappa shape index (κ1) is 13.4. The number of halogens is 1. The maximum Gasteiger partial charge on any atom is 0.231 e. The van der Waals surface area contributed by atoms with E-state index in [4.69, 9.17) is 11.6 Å². The molecule has 1 aliphatic carbocycles. The zero-order valence-electron chi connectivity index (χ0n) is 11.1. The van der Waals surface area contributed by atoms with E-state index >= 15 is 0 Å². The minimum absolute atomic E-state index is 0.00327. The highest BCUT2D eigenvalue weighted by atomic mass is 35.5. The fourth-order valence-corrected chi connectivity index (χ4v) is 2.37. The van der Waals surface area contributed by atoms with Crippen molar-refractivity contribution in [3.05, 3.63) is 29.3 Å². The molecule has 3 heteroatoms. The number of hydrogen-bond acceptors (Lipinski definition) is 1. The van der Waals surface area contributed by atoms with E-state index in [0.717, 1.165) is 18.5 Å². The number of hydrogen-bond donors (Lipinski definition) is 1. The topological polar surface area (TPSA) is 29.1 Å². The Balaban J connectivity index is 2.22. The molecular weight excluding hydrogens is 246 g/mol. The van der Waals surface area contributed by atoms with Crippen molar-refractivity contribution in [2.45, 2.75) is 39.5 Å². The van der Waals surface area contributed by atoms with E-state index in [1.165, 1.54) is 24.0 Å². The third-order valence-corrected chi connectivity index (χ3v) is 4.26. The second-order valence-electron chi connectivity index (χ2n) is 5.62. The summed E-state index contributed by atoms with van der Waals surface area (Å²) >= 11 is 5.84. The predicted octanol–water partition coefficient (Wildman–Crippen LogP) is 3.77. The van der Waals surface area contributed by atoms with E-state index in [2.05, 4.69) is 11.4 Å². The molecule has 0 unspecified atom stereocenters. The van der Waals surface area contributed by atoms with Gasteiger partial charge in [0, 0.05) is 11.6 Å². The van der Waals surface area contributed by atoms with Gasteiger partial charge in [0.2, 0.25) is 5.91 Å². The second kappa shape index (κ2) is 5.31. The number of fused-ring (bicyclic) bond motifs is 1. The molecule has 0 aromatic heterocycles. The van der Waals surface area contributed by atoms with Crippen LogP contribution in [0, 0.1) is 5.41 Å². The van der Waals surface area contributed by atoms with Crippen LogP contribution >= 0.6 is 11.6 Å². The Bertz CT molecular complexity index is 454. The molecule has 2 nitrogen and oxygen atoms in total. The van der Waals surface area contributed by atoms with Crippen LogP contribution in [0.4, 0.5) is 5.69 Å². The second-order valence-corrected chi connectivity index (χ2v) is 5.89. The molecule has 0 heterocycles. The fourth-order valence-electron chi connectivity index (χ4n) is 2.25. The molecule has 0 radical (unpaired) electrons. The lowest BCUT2D eigenvalue weighted by molar-refractivity contribution is -0.122. The number of anilines is 1. The van der Waals surface area contributed by atoms with Crippen molar-refractivity contribution < 1.29 is 4.79 Å². The van der Waals surface area contributed by atoms with E-state index in [0.29, 0.717) is 5.88 Å². The van der Waals surface area contributed by atoms with Crippen LogP contribution in [-0.2, 0) is 17.6 Å². The average molecular weight is 266 g/mol. The van der Waals surface area contributed by atoms with E-state index in [-0.39, 0.29) is 5.91 Å². The molecule has 18 heavy (non-hydrogen) atoms. The third-order valence-electron chi connectivity index (χ3n) is 3.59. The first-order valence-corrected chi connectivity index (χ1v) is 7.06. The van der Waals surface area contributed by atoms with E-state index in [9.17, 15) is 4.79 Å². The van der Waals surface area contributed by atoms with Gasteiger partial charge in [0.05, 0.1) is 5.41 Å². The van der Waals surface area contributed by atoms with E-state index in [1.54, 1.807) is 0 Å². The maximum atomic E-state index is 12.2. The summed E-state index contributed by atoms with van der Waals surface area (Å²) in [5.41, 5.74) is 3.12. The molecule has 0 aliphatic heterocycles. The number of nitrogens with one attached hydrogen (secondary N) is 1. The fraction of sp³-hybridized carbons (Fsp3) is 0.533. The molecule has 0 bridgehead atoms. The molecular formula is C15H20ClNO. The summed E-state index contributed by atoms with van der Waals surface area (Å²) in [7, 11) is 0. The van der Waals surface area contributed by atoms with E-state index in [1.807, 2.05) is 26.0 Å². The Kier molecular flexibility index (Phi) is 3.96. The SMILES string of the molecule is CC(C)(CCl)C(=O)Nc1cccc2c1CCCC2. The summed E-state index contributed by atoms with van der Waals surface area (Å²) in [6.07, 6.45) is 4.64. The van der Waals surface area contributed by atoms with Gasteiger partial charge < -0.3 is 5.32 Å². The lowest BCUT2D eigenvalue weighted by Crippen LogP contribution is -2.32. The number of amides is 1. The standard InChI is InChI=1S/C15H20ClNO/c1-15(2,10-16)14(18)17-13-9-5-7-11-6-3-4-8-12(11)13/h5,7,9H,3-4,6,8,10H2,1-2H3,(H,17,18). The van der Waals surface area contributed by atoms with Crippen molar-refractivity contribution in [2.24, 2.45) is 5.41 Å². The van der Waals surface area contributed by atoms with Gasteiger partial charge in [0.25, 0.3) is 0 Å². The van der Waals surface area contributed by atoms with Crippen molar-refractivity contribution in [2.75, 3.05) is 11.2 Å². The highest BCUT2D eigenvalue weighted by molar-refractivity contribution is 6.20. The summed E-state index contributed by atoms with van der Waals surface area (Å²) in [6.45, 7) is 3.73. The molecule has 0 atom stereocenters.